The maximum atomic E-state index is 12.1. The van der Waals surface area contributed by atoms with Gasteiger partial charge in [0.05, 0.1) is 0 Å². The third-order valence-electron chi connectivity index (χ3n) is 2.73. The highest BCUT2D eigenvalue weighted by atomic mass is 35.5. The Bertz CT molecular complexity index is 155. The summed E-state index contributed by atoms with van der Waals surface area (Å²) >= 11 is 0. The molecular weight excluding hydrogens is 215 g/mol. The summed E-state index contributed by atoms with van der Waals surface area (Å²) in [6, 6.07) is -1.62. The second-order valence-electron chi connectivity index (χ2n) is 3.89. The molecule has 1 fully saturated rings. The van der Waals surface area contributed by atoms with E-state index in [1.807, 2.05) is 0 Å². The van der Waals surface area contributed by atoms with Crippen molar-refractivity contribution in [3.63, 3.8) is 0 Å². The molecule has 0 aromatic heterocycles. The fraction of sp³-hybridized carbons (Fsp3) is 1.00. The van der Waals surface area contributed by atoms with Crippen molar-refractivity contribution in [3.05, 3.63) is 0 Å². The van der Waals surface area contributed by atoms with Crippen molar-refractivity contribution in [1.82, 2.24) is 0 Å². The van der Waals surface area contributed by atoms with Gasteiger partial charge in [0.15, 0.2) is 0 Å². The van der Waals surface area contributed by atoms with E-state index >= 15 is 0 Å². The average molecular weight is 232 g/mol. The first kappa shape index (κ1) is 14.0. The standard InChI is InChI=1S/C9H16F3N.ClH/c10-9(11,12)8(13)6-7-4-2-1-3-5-7;/h7-8H,1-6,13H2;1H. The van der Waals surface area contributed by atoms with E-state index in [9.17, 15) is 13.2 Å². The Kier molecular flexibility index (Phi) is 5.83. The van der Waals surface area contributed by atoms with Gasteiger partial charge in [-0.25, -0.2) is 0 Å². The molecule has 1 aliphatic carbocycles. The van der Waals surface area contributed by atoms with Crippen molar-refractivity contribution in [2.45, 2.75) is 50.7 Å². The molecule has 2 N–H and O–H groups in total. The van der Waals surface area contributed by atoms with Crippen LogP contribution in [-0.4, -0.2) is 12.2 Å². The van der Waals surface area contributed by atoms with Gasteiger partial charge in [-0.15, -0.1) is 12.4 Å². The number of rotatable bonds is 2. The van der Waals surface area contributed by atoms with E-state index in [1.165, 1.54) is 0 Å². The largest absolute Gasteiger partial charge is 0.403 e. The van der Waals surface area contributed by atoms with Crippen molar-refractivity contribution < 1.29 is 13.2 Å². The van der Waals surface area contributed by atoms with Gasteiger partial charge in [-0.1, -0.05) is 32.1 Å². The smallest absolute Gasteiger partial charge is 0.320 e. The predicted molar refractivity (Wildman–Crippen MR) is 52.5 cm³/mol. The van der Waals surface area contributed by atoms with Crippen LogP contribution >= 0.6 is 12.4 Å². The first-order valence-corrected chi connectivity index (χ1v) is 4.82. The molecule has 1 saturated carbocycles. The highest BCUT2D eigenvalue weighted by Gasteiger charge is 2.37. The minimum absolute atomic E-state index is 0. The molecule has 0 aromatic rings. The summed E-state index contributed by atoms with van der Waals surface area (Å²) in [6.45, 7) is 0. The summed E-state index contributed by atoms with van der Waals surface area (Å²) in [4.78, 5) is 0. The molecule has 1 atom stereocenters. The molecule has 1 unspecified atom stereocenters. The topological polar surface area (TPSA) is 26.0 Å². The van der Waals surface area contributed by atoms with Crippen LogP contribution in [-0.2, 0) is 0 Å². The molecule has 0 saturated heterocycles. The number of halogens is 4. The number of hydrogen-bond donors (Lipinski definition) is 1. The zero-order valence-electron chi connectivity index (χ0n) is 8.02. The lowest BCUT2D eigenvalue weighted by Crippen LogP contribution is -2.39. The Morgan fingerprint density at radius 2 is 1.64 bits per heavy atom. The van der Waals surface area contributed by atoms with Crippen molar-refractivity contribution in [1.29, 1.82) is 0 Å². The predicted octanol–water partition coefficient (Wildman–Crippen LogP) is 3.27. The Morgan fingerprint density at radius 3 is 2.07 bits per heavy atom. The third-order valence-corrected chi connectivity index (χ3v) is 2.73. The van der Waals surface area contributed by atoms with Crippen molar-refractivity contribution in [2.24, 2.45) is 11.7 Å². The van der Waals surface area contributed by atoms with Gasteiger partial charge in [0.1, 0.15) is 6.04 Å². The maximum absolute atomic E-state index is 12.1. The van der Waals surface area contributed by atoms with Crippen LogP contribution in [0.5, 0.6) is 0 Å². The molecule has 1 aliphatic rings. The normalized spacial score (nSPS) is 21.4. The summed E-state index contributed by atoms with van der Waals surface area (Å²) < 4.78 is 36.2. The van der Waals surface area contributed by atoms with Crippen LogP contribution in [0.1, 0.15) is 38.5 Å². The van der Waals surface area contributed by atoms with Crippen LogP contribution < -0.4 is 5.73 Å². The van der Waals surface area contributed by atoms with E-state index in [2.05, 4.69) is 0 Å². The van der Waals surface area contributed by atoms with Crippen LogP contribution in [0.4, 0.5) is 13.2 Å². The minimum Gasteiger partial charge on any atom is -0.320 e. The molecule has 1 nitrogen and oxygen atoms in total. The van der Waals surface area contributed by atoms with Crippen LogP contribution in [0.3, 0.4) is 0 Å². The minimum atomic E-state index is -4.21. The first-order valence-electron chi connectivity index (χ1n) is 4.82. The Hall–Kier alpha value is 0.0400. The van der Waals surface area contributed by atoms with Gasteiger partial charge in [-0.2, -0.15) is 13.2 Å². The molecule has 0 radical (unpaired) electrons. The fourth-order valence-electron chi connectivity index (χ4n) is 1.92. The van der Waals surface area contributed by atoms with Gasteiger partial charge in [0.2, 0.25) is 0 Å². The van der Waals surface area contributed by atoms with E-state index < -0.39 is 12.2 Å². The zero-order chi connectivity index (χ0) is 9.90. The first-order chi connectivity index (χ1) is 6.00. The monoisotopic (exact) mass is 231 g/mol. The number of alkyl halides is 3. The third kappa shape index (κ3) is 4.51. The van der Waals surface area contributed by atoms with Crippen LogP contribution in [0.25, 0.3) is 0 Å². The fourth-order valence-corrected chi connectivity index (χ4v) is 1.92. The summed E-state index contributed by atoms with van der Waals surface area (Å²) in [5.74, 6) is 0.199. The molecule has 0 heterocycles. The van der Waals surface area contributed by atoms with E-state index in [0.29, 0.717) is 0 Å². The van der Waals surface area contributed by atoms with Crippen molar-refractivity contribution in [2.75, 3.05) is 0 Å². The lowest BCUT2D eigenvalue weighted by Gasteiger charge is -2.25. The van der Waals surface area contributed by atoms with E-state index in [4.69, 9.17) is 5.73 Å². The summed E-state index contributed by atoms with van der Waals surface area (Å²) in [5.41, 5.74) is 5.06. The number of hydrogen-bond acceptors (Lipinski definition) is 1. The Balaban J connectivity index is 0.00000169. The molecule has 5 heteroatoms. The van der Waals surface area contributed by atoms with Crippen molar-refractivity contribution in [3.8, 4) is 0 Å². The molecule has 1 rings (SSSR count). The van der Waals surface area contributed by atoms with E-state index in [1.54, 1.807) is 0 Å². The molecular formula is C9H17ClF3N. The molecule has 0 aliphatic heterocycles. The zero-order valence-corrected chi connectivity index (χ0v) is 8.83. The van der Waals surface area contributed by atoms with Crippen LogP contribution in [0.15, 0.2) is 0 Å². The Labute approximate surface area is 88.6 Å². The van der Waals surface area contributed by atoms with Gasteiger partial charge in [0, 0.05) is 0 Å². The SMILES string of the molecule is Cl.NC(CC1CCCCC1)C(F)(F)F. The van der Waals surface area contributed by atoms with Crippen LogP contribution in [0, 0.1) is 5.92 Å². The molecule has 86 valence electrons. The quantitative estimate of drug-likeness (QED) is 0.776. The van der Waals surface area contributed by atoms with Crippen LogP contribution in [0.2, 0.25) is 0 Å². The van der Waals surface area contributed by atoms with E-state index in [-0.39, 0.29) is 24.7 Å². The molecule has 0 aromatic carbocycles. The van der Waals surface area contributed by atoms with Crippen molar-refractivity contribution >= 4 is 12.4 Å². The molecule has 14 heavy (non-hydrogen) atoms. The van der Waals surface area contributed by atoms with Gasteiger partial charge in [-0.05, 0) is 12.3 Å². The Morgan fingerprint density at radius 1 is 1.14 bits per heavy atom. The molecule has 0 spiro atoms. The second-order valence-corrected chi connectivity index (χ2v) is 3.89. The highest BCUT2D eigenvalue weighted by Crippen LogP contribution is 2.31. The van der Waals surface area contributed by atoms with Gasteiger partial charge >= 0.3 is 6.18 Å². The van der Waals surface area contributed by atoms with Gasteiger partial charge < -0.3 is 5.73 Å². The molecule has 0 amide bonds. The van der Waals surface area contributed by atoms with E-state index in [0.717, 1.165) is 32.1 Å². The highest BCUT2D eigenvalue weighted by molar-refractivity contribution is 5.85. The lowest BCUT2D eigenvalue weighted by molar-refractivity contribution is -0.151. The summed E-state index contributed by atoms with van der Waals surface area (Å²) in [7, 11) is 0. The maximum Gasteiger partial charge on any atom is 0.403 e. The lowest BCUT2D eigenvalue weighted by atomic mass is 9.85. The summed E-state index contributed by atoms with van der Waals surface area (Å²) in [6.07, 6.45) is 1.04. The average Bonchev–Trinajstić information content (AvgIpc) is 2.04. The summed E-state index contributed by atoms with van der Waals surface area (Å²) in [5, 5.41) is 0. The van der Waals surface area contributed by atoms with Gasteiger partial charge in [0.25, 0.3) is 0 Å². The van der Waals surface area contributed by atoms with Gasteiger partial charge in [-0.3, -0.25) is 0 Å². The number of nitrogens with two attached hydrogens (primary N) is 1. The molecule has 0 bridgehead atoms. The second kappa shape index (κ2) is 5.81.